The van der Waals surface area contributed by atoms with Gasteiger partial charge in [0.25, 0.3) is 0 Å². The third kappa shape index (κ3) is 1.92. The van der Waals surface area contributed by atoms with Crippen LogP contribution in [0.5, 0.6) is 0 Å². The third-order valence-corrected chi connectivity index (χ3v) is 3.19. The van der Waals surface area contributed by atoms with Gasteiger partial charge in [-0.3, -0.25) is 0 Å². The van der Waals surface area contributed by atoms with Crippen molar-refractivity contribution in [2.75, 3.05) is 0 Å². The van der Waals surface area contributed by atoms with Crippen LogP contribution >= 0.6 is 28.4 Å². The Morgan fingerprint density at radius 3 is 2.70 bits per heavy atom. The van der Waals surface area contributed by atoms with E-state index in [0.29, 0.717) is 5.92 Å². The lowest BCUT2D eigenvalue weighted by Gasteiger charge is -1.96. The second-order valence-electron chi connectivity index (χ2n) is 2.42. The van der Waals surface area contributed by atoms with Gasteiger partial charge in [0.05, 0.1) is 12.1 Å². The maximum Gasteiger partial charge on any atom is 0.0677 e. The van der Waals surface area contributed by atoms with Crippen molar-refractivity contribution in [1.82, 2.24) is 9.55 Å². The van der Waals surface area contributed by atoms with Crippen LogP contribution in [0.25, 0.3) is 0 Å². The third-order valence-electron chi connectivity index (χ3n) is 1.29. The van der Waals surface area contributed by atoms with Gasteiger partial charge in [0.2, 0.25) is 0 Å². The lowest BCUT2D eigenvalue weighted by Crippen LogP contribution is -1.88. The van der Waals surface area contributed by atoms with Crippen molar-refractivity contribution in [3.63, 3.8) is 0 Å². The first-order valence-corrected chi connectivity index (χ1v) is 7.22. The van der Waals surface area contributed by atoms with Crippen LogP contribution < -0.4 is 0 Å². The molecule has 0 N–H and O–H groups in total. The van der Waals surface area contributed by atoms with E-state index >= 15 is 0 Å². The average molecular weight is 268 g/mol. The summed E-state index contributed by atoms with van der Waals surface area (Å²) in [7, 11) is 0. The molecule has 1 heterocycles. The molecular weight excluding hydrogens is 258 g/mol. The lowest BCUT2D eigenvalue weighted by molar-refractivity contribution is 0.799. The van der Waals surface area contributed by atoms with Gasteiger partial charge in [-0.15, -0.1) is 0 Å². The molecule has 0 radical (unpaired) electrons. The zero-order chi connectivity index (χ0) is 7.56. The molecule has 10 heavy (non-hydrogen) atoms. The second-order valence-corrected chi connectivity index (χ2v) is 4.50. The van der Waals surface area contributed by atoms with Crippen molar-refractivity contribution in [2.24, 2.45) is 0 Å². The smallest absolute Gasteiger partial charge is 0.0677 e. The number of rotatable bonds is 2. The Kier molecular flexibility index (Phi) is 3.11. The summed E-state index contributed by atoms with van der Waals surface area (Å²) in [4.78, 5) is 0. The van der Waals surface area contributed by atoms with Gasteiger partial charge in [0, 0.05) is 6.20 Å². The molecule has 0 aliphatic carbocycles. The summed E-state index contributed by atoms with van der Waals surface area (Å²) in [5, 5.41) is 4.35. The molecule has 4 heteroatoms. The maximum absolute atomic E-state index is 4.35. The fraction of sp³-hybridized carbons (Fsp3) is 0.500. The minimum atomic E-state index is 0.550. The van der Waals surface area contributed by atoms with E-state index in [2.05, 4.69) is 47.1 Å². The van der Waals surface area contributed by atoms with Crippen molar-refractivity contribution < 1.29 is 0 Å². The van der Waals surface area contributed by atoms with Gasteiger partial charge >= 0.3 is 0 Å². The minimum absolute atomic E-state index is 0.550. The predicted octanol–water partition coefficient (Wildman–Crippen LogP) is 2.80. The van der Waals surface area contributed by atoms with Gasteiger partial charge in [-0.1, -0.05) is 13.8 Å². The summed E-state index contributed by atoms with van der Waals surface area (Å²) in [6.45, 7) is 4.31. The number of hydrogen-bond donors (Lipinski definition) is 0. The van der Waals surface area contributed by atoms with E-state index in [-0.39, 0.29) is 0 Å². The molecule has 0 amide bonds. The normalized spacial score (nSPS) is 12.0. The van der Waals surface area contributed by atoms with Crippen LogP contribution in [-0.2, 0) is 0 Å². The Morgan fingerprint density at radius 2 is 2.40 bits per heavy atom. The Bertz CT molecular complexity index is 209. The first kappa shape index (κ1) is 8.47. The molecule has 0 saturated heterocycles. The van der Waals surface area contributed by atoms with E-state index in [4.69, 9.17) is 0 Å². The molecule has 0 aromatic carbocycles. The quantitative estimate of drug-likeness (QED) is 0.595. The number of hydrogen-bond acceptors (Lipinski definition) is 1. The molecule has 56 valence electrons. The van der Waals surface area contributed by atoms with Gasteiger partial charge in [-0.05, 0) is 34.0 Å². The average Bonchev–Trinajstić information content (AvgIpc) is 2.34. The summed E-state index contributed by atoms with van der Waals surface area (Å²) in [5.74, 6) is 0.550. The van der Waals surface area contributed by atoms with Crippen LogP contribution in [0.3, 0.4) is 0 Å². The zero-order valence-corrected chi connectivity index (χ0v) is 9.16. The SMILES string of the molecule is CC(C)c1ccn(PI)n1. The molecule has 0 spiro atoms. The summed E-state index contributed by atoms with van der Waals surface area (Å²) < 4.78 is 1.97. The van der Waals surface area contributed by atoms with Gasteiger partial charge in [0.1, 0.15) is 0 Å². The molecular formula is C6H10IN2P. The monoisotopic (exact) mass is 268 g/mol. The van der Waals surface area contributed by atoms with Crippen molar-refractivity contribution >= 4 is 28.4 Å². The molecule has 1 aromatic heterocycles. The summed E-state index contributed by atoms with van der Waals surface area (Å²) in [6.07, 6.45) is 2.75. The first-order chi connectivity index (χ1) is 4.74. The molecule has 1 unspecified atom stereocenters. The Morgan fingerprint density at radius 1 is 1.70 bits per heavy atom. The molecule has 0 saturated carbocycles. The molecule has 1 aromatic rings. The Hall–Kier alpha value is 0.370. The number of halogens is 1. The molecule has 2 nitrogen and oxygen atoms in total. The van der Waals surface area contributed by atoms with Crippen LogP contribution in [-0.4, -0.2) is 9.55 Å². The van der Waals surface area contributed by atoms with Crippen LogP contribution in [0.1, 0.15) is 25.5 Å². The van der Waals surface area contributed by atoms with E-state index in [1.807, 2.05) is 10.6 Å². The van der Waals surface area contributed by atoms with Crippen molar-refractivity contribution in [3.8, 4) is 0 Å². The number of aromatic nitrogens is 2. The summed E-state index contributed by atoms with van der Waals surface area (Å²) >= 11 is 2.32. The summed E-state index contributed by atoms with van der Waals surface area (Å²) in [6, 6.07) is 2.08. The highest BCUT2D eigenvalue weighted by atomic mass is 127. The Balaban J connectivity index is 2.78. The van der Waals surface area contributed by atoms with Gasteiger partial charge in [0.15, 0.2) is 0 Å². The van der Waals surface area contributed by atoms with E-state index in [9.17, 15) is 0 Å². The van der Waals surface area contributed by atoms with Crippen molar-refractivity contribution in [2.45, 2.75) is 19.8 Å². The molecule has 1 atom stereocenters. The van der Waals surface area contributed by atoms with Crippen LogP contribution in [0.4, 0.5) is 0 Å². The molecule has 0 aliphatic rings. The number of nitrogens with zero attached hydrogens (tertiary/aromatic N) is 2. The highest BCUT2D eigenvalue weighted by Crippen LogP contribution is 2.23. The minimum Gasteiger partial charge on any atom is -0.245 e. The highest BCUT2D eigenvalue weighted by molar-refractivity contribution is 14.2. The fourth-order valence-electron chi connectivity index (χ4n) is 0.693. The molecule has 0 aliphatic heterocycles. The van der Waals surface area contributed by atoms with E-state index < -0.39 is 0 Å². The summed E-state index contributed by atoms with van der Waals surface area (Å²) in [5.41, 5.74) is 1.18. The predicted molar refractivity (Wildman–Crippen MR) is 54.0 cm³/mol. The molecule has 0 fully saturated rings. The Labute approximate surface area is 75.7 Å². The maximum atomic E-state index is 4.35. The van der Waals surface area contributed by atoms with Gasteiger partial charge < -0.3 is 0 Å². The van der Waals surface area contributed by atoms with E-state index in [1.54, 1.807) is 0 Å². The first-order valence-electron chi connectivity index (χ1n) is 3.16. The van der Waals surface area contributed by atoms with Crippen LogP contribution in [0, 0.1) is 0 Å². The van der Waals surface area contributed by atoms with E-state index in [1.165, 1.54) is 5.69 Å². The zero-order valence-electron chi connectivity index (χ0n) is 6.00. The standard InChI is InChI=1S/C6H10IN2P/c1-5(2)6-3-4-9(8-6)10-7/h3-5,10H,1-2H3. The van der Waals surface area contributed by atoms with Gasteiger partial charge in [-0.2, -0.15) is 5.10 Å². The second kappa shape index (κ2) is 3.67. The van der Waals surface area contributed by atoms with Crippen LogP contribution in [0.15, 0.2) is 12.3 Å². The molecule has 1 rings (SSSR count). The molecule has 0 bridgehead atoms. The topological polar surface area (TPSA) is 17.8 Å². The van der Waals surface area contributed by atoms with Crippen molar-refractivity contribution in [3.05, 3.63) is 18.0 Å². The van der Waals surface area contributed by atoms with Crippen LogP contribution in [0.2, 0.25) is 0 Å². The van der Waals surface area contributed by atoms with Crippen molar-refractivity contribution in [1.29, 1.82) is 0 Å². The van der Waals surface area contributed by atoms with E-state index in [0.717, 1.165) is 6.37 Å². The largest absolute Gasteiger partial charge is 0.245 e. The highest BCUT2D eigenvalue weighted by Gasteiger charge is 2.01. The van der Waals surface area contributed by atoms with Gasteiger partial charge in [-0.25, -0.2) is 4.45 Å². The lowest BCUT2D eigenvalue weighted by atomic mass is 10.1. The fourth-order valence-corrected chi connectivity index (χ4v) is 1.78.